The highest BCUT2D eigenvalue weighted by Crippen LogP contribution is 2.32. The van der Waals surface area contributed by atoms with Crippen LogP contribution in [0, 0.1) is 0 Å². The van der Waals surface area contributed by atoms with E-state index in [9.17, 15) is 22.4 Å². The van der Waals surface area contributed by atoms with E-state index >= 15 is 0 Å². The van der Waals surface area contributed by atoms with Crippen LogP contribution in [0.5, 0.6) is 0 Å². The third-order valence-electron chi connectivity index (χ3n) is 2.30. The van der Waals surface area contributed by atoms with Crippen molar-refractivity contribution in [1.82, 2.24) is 0 Å². The summed E-state index contributed by atoms with van der Waals surface area (Å²) in [4.78, 5) is 11.4. The molecule has 90 valence electrons. The molecule has 0 aliphatic carbocycles. The highest BCUT2D eigenvalue weighted by molar-refractivity contribution is 7.17. The summed E-state index contributed by atoms with van der Waals surface area (Å²) in [7, 11) is 0. The summed E-state index contributed by atoms with van der Waals surface area (Å²) in [5.41, 5.74) is -0.359. The van der Waals surface area contributed by atoms with Crippen molar-refractivity contribution in [3.63, 3.8) is 0 Å². The third kappa shape index (κ3) is 1.93. The molecule has 0 amide bonds. The molecule has 0 unspecified atom stereocenters. The summed E-state index contributed by atoms with van der Waals surface area (Å²) in [6, 6.07) is 5.79. The number of fused-ring (bicyclic) bond motifs is 1. The SMILES string of the molecule is O=C(c1cccc2ccsc12)C(F)(F)C(F)F. The Kier molecular flexibility index (Phi) is 2.91. The molecular weight excluding hydrogens is 256 g/mol. The van der Waals surface area contributed by atoms with Crippen molar-refractivity contribution < 1.29 is 22.4 Å². The van der Waals surface area contributed by atoms with Gasteiger partial charge in [0, 0.05) is 10.3 Å². The van der Waals surface area contributed by atoms with Crippen LogP contribution in [0.25, 0.3) is 10.1 Å². The summed E-state index contributed by atoms with van der Waals surface area (Å²) < 4.78 is 50.4. The quantitative estimate of drug-likeness (QED) is 0.604. The number of ketones is 1. The van der Waals surface area contributed by atoms with Crippen LogP contribution in [0.15, 0.2) is 29.6 Å². The first-order valence-corrected chi connectivity index (χ1v) is 5.49. The molecule has 17 heavy (non-hydrogen) atoms. The average molecular weight is 262 g/mol. The smallest absolute Gasteiger partial charge is 0.287 e. The first kappa shape index (κ1) is 12.0. The number of benzene rings is 1. The van der Waals surface area contributed by atoms with Crippen LogP contribution in [0.1, 0.15) is 10.4 Å². The second-order valence-electron chi connectivity index (χ2n) is 3.40. The van der Waals surface area contributed by atoms with E-state index in [1.807, 2.05) is 0 Å². The number of alkyl halides is 4. The van der Waals surface area contributed by atoms with Crippen molar-refractivity contribution in [3.8, 4) is 0 Å². The van der Waals surface area contributed by atoms with Gasteiger partial charge < -0.3 is 0 Å². The molecule has 1 aromatic carbocycles. The van der Waals surface area contributed by atoms with Crippen molar-refractivity contribution in [3.05, 3.63) is 35.2 Å². The normalized spacial score (nSPS) is 12.3. The fourth-order valence-corrected chi connectivity index (χ4v) is 2.36. The number of halogens is 4. The molecule has 2 aromatic rings. The second-order valence-corrected chi connectivity index (χ2v) is 4.31. The topological polar surface area (TPSA) is 17.1 Å². The first-order chi connectivity index (χ1) is 7.94. The molecule has 0 bridgehead atoms. The van der Waals surface area contributed by atoms with Gasteiger partial charge in [0.25, 0.3) is 0 Å². The lowest BCUT2D eigenvalue weighted by Crippen LogP contribution is -2.36. The third-order valence-corrected chi connectivity index (χ3v) is 3.26. The van der Waals surface area contributed by atoms with Crippen molar-refractivity contribution in [2.75, 3.05) is 0 Å². The molecular formula is C11H6F4OS. The van der Waals surface area contributed by atoms with Crippen LogP contribution in [-0.4, -0.2) is 18.1 Å². The molecule has 2 rings (SSSR count). The van der Waals surface area contributed by atoms with Gasteiger partial charge in [-0.15, -0.1) is 11.3 Å². The highest BCUT2D eigenvalue weighted by Gasteiger charge is 2.49. The first-order valence-electron chi connectivity index (χ1n) is 4.61. The van der Waals surface area contributed by atoms with Gasteiger partial charge >= 0.3 is 12.3 Å². The van der Waals surface area contributed by atoms with Crippen molar-refractivity contribution >= 4 is 27.2 Å². The van der Waals surface area contributed by atoms with Crippen LogP contribution < -0.4 is 0 Å². The monoisotopic (exact) mass is 262 g/mol. The zero-order valence-corrected chi connectivity index (χ0v) is 9.11. The predicted molar refractivity (Wildman–Crippen MR) is 57.1 cm³/mol. The minimum atomic E-state index is -4.64. The molecule has 0 fully saturated rings. The number of hydrogen-bond acceptors (Lipinski definition) is 2. The molecule has 0 saturated carbocycles. The molecule has 1 heterocycles. The van der Waals surface area contributed by atoms with Gasteiger partial charge in [0.05, 0.1) is 0 Å². The molecule has 0 aliphatic rings. The van der Waals surface area contributed by atoms with Crippen molar-refractivity contribution in [2.24, 2.45) is 0 Å². The summed E-state index contributed by atoms with van der Waals surface area (Å²) in [6.45, 7) is 0. The Bertz CT molecular complexity index is 561. The van der Waals surface area contributed by atoms with Crippen molar-refractivity contribution in [2.45, 2.75) is 12.3 Å². The largest absolute Gasteiger partial charge is 0.368 e. The molecule has 1 aromatic heterocycles. The molecule has 0 aliphatic heterocycles. The second kappa shape index (κ2) is 4.10. The maximum Gasteiger partial charge on any atom is 0.368 e. The van der Waals surface area contributed by atoms with Gasteiger partial charge in [-0.2, -0.15) is 8.78 Å². The van der Waals surface area contributed by atoms with Gasteiger partial charge in [0.1, 0.15) is 0 Å². The fraction of sp³-hybridized carbons (Fsp3) is 0.182. The van der Waals surface area contributed by atoms with Gasteiger partial charge in [-0.1, -0.05) is 12.1 Å². The Balaban J connectivity index is 2.54. The Labute approximate surface area is 97.7 Å². The van der Waals surface area contributed by atoms with E-state index < -0.39 is 18.1 Å². The Morgan fingerprint density at radius 1 is 1.24 bits per heavy atom. The van der Waals surface area contributed by atoms with Gasteiger partial charge in [0.15, 0.2) is 0 Å². The van der Waals surface area contributed by atoms with Crippen LogP contribution in [-0.2, 0) is 0 Å². The number of thiophene rings is 1. The van der Waals surface area contributed by atoms with E-state index in [4.69, 9.17) is 0 Å². The lowest BCUT2D eigenvalue weighted by atomic mass is 10.0. The Morgan fingerprint density at radius 3 is 2.59 bits per heavy atom. The van der Waals surface area contributed by atoms with Crippen molar-refractivity contribution in [1.29, 1.82) is 0 Å². The average Bonchev–Trinajstić information content (AvgIpc) is 2.75. The van der Waals surface area contributed by atoms with E-state index in [0.29, 0.717) is 10.1 Å². The fourth-order valence-electron chi connectivity index (χ4n) is 1.45. The number of hydrogen-bond donors (Lipinski definition) is 0. The zero-order chi connectivity index (χ0) is 12.6. The van der Waals surface area contributed by atoms with Crippen LogP contribution in [0.4, 0.5) is 17.6 Å². The lowest BCUT2D eigenvalue weighted by molar-refractivity contribution is -0.0957. The summed E-state index contributed by atoms with van der Waals surface area (Å²) in [6.07, 6.45) is -4.00. The van der Waals surface area contributed by atoms with E-state index in [1.165, 1.54) is 6.07 Å². The van der Waals surface area contributed by atoms with E-state index in [2.05, 4.69) is 0 Å². The lowest BCUT2D eigenvalue weighted by Gasteiger charge is -2.13. The molecule has 0 N–H and O–H groups in total. The van der Waals surface area contributed by atoms with E-state index in [0.717, 1.165) is 17.4 Å². The maximum absolute atomic E-state index is 13.0. The Morgan fingerprint density at radius 2 is 1.94 bits per heavy atom. The molecule has 0 atom stereocenters. The molecule has 0 spiro atoms. The molecule has 0 radical (unpaired) electrons. The van der Waals surface area contributed by atoms with Crippen LogP contribution in [0.3, 0.4) is 0 Å². The summed E-state index contributed by atoms with van der Waals surface area (Å²) in [5.74, 6) is -6.47. The summed E-state index contributed by atoms with van der Waals surface area (Å²) >= 11 is 1.07. The number of carbonyl (C=O) groups excluding carboxylic acids is 1. The highest BCUT2D eigenvalue weighted by atomic mass is 32.1. The molecule has 6 heteroatoms. The van der Waals surface area contributed by atoms with Gasteiger partial charge in [-0.3, -0.25) is 4.79 Å². The number of rotatable bonds is 3. The maximum atomic E-state index is 13.0. The summed E-state index contributed by atoms with van der Waals surface area (Å²) in [5, 5.41) is 2.20. The minimum Gasteiger partial charge on any atom is -0.287 e. The zero-order valence-electron chi connectivity index (χ0n) is 8.29. The predicted octanol–water partition coefficient (Wildman–Crippen LogP) is 3.98. The standard InChI is InChI=1S/C11H6F4OS/c12-10(13)11(14,15)9(16)7-3-1-2-6-4-5-17-8(6)7/h1-5,10H. The Hall–Kier alpha value is -1.43. The molecule has 0 saturated heterocycles. The van der Waals surface area contributed by atoms with Gasteiger partial charge in [-0.25, -0.2) is 8.78 Å². The van der Waals surface area contributed by atoms with Crippen LogP contribution >= 0.6 is 11.3 Å². The number of Topliss-reactive ketones (excluding diaryl/α,β-unsaturated/α-hetero) is 1. The molecule has 1 nitrogen and oxygen atoms in total. The van der Waals surface area contributed by atoms with E-state index in [-0.39, 0.29) is 5.56 Å². The number of carbonyl (C=O) groups is 1. The van der Waals surface area contributed by atoms with E-state index in [1.54, 1.807) is 17.5 Å². The van der Waals surface area contributed by atoms with Crippen LogP contribution in [0.2, 0.25) is 0 Å². The van der Waals surface area contributed by atoms with Gasteiger partial charge in [0.2, 0.25) is 5.78 Å². The minimum absolute atomic E-state index is 0.304. The van der Waals surface area contributed by atoms with Gasteiger partial charge in [-0.05, 0) is 22.9 Å².